The van der Waals surface area contributed by atoms with Gasteiger partial charge in [-0.05, 0) is 17.7 Å². The summed E-state index contributed by atoms with van der Waals surface area (Å²) in [4.78, 5) is 4.07. The van der Waals surface area contributed by atoms with Gasteiger partial charge >= 0.3 is 0 Å². The topological polar surface area (TPSA) is 83.4 Å². The van der Waals surface area contributed by atoms with Gasteiger partial charge in [0, 0.05) is 5.56 Å². The van der Waals surface area contributed by atoms with Crippen molar-refractivity contribution in [2.45, 2.75) is 13.2 Å². The quantitative estimate of drug-likeness (QED) is 0.887. The summed E-state index contributed by atoms with van der Waals surface area (Å²) in [5.74, 6) is 1.66. The Labute approximate surface area is 101 Å². The summed E-state index contributed by atoms with van der Waals surface area (Å²) in [5, 5.41) is 3.76. The Morgan fingerprint density at radius 1 is 1.28 bits per heavy atom. The predicted octanol–water partition coefficient (Wildman–Crippen LogP) is 1.39. The van der Waals surface area contributed by atoms with Crippen LogP contribution in [0.2, 0.25) is 0 Å². The predicted molar refractivity (Wildman–Crippen MR) is 58.6 cm³/mol. The molecule has 94 valence electrons. The number of hydrogen-bond acceptors (Lipinski definition) is 6. The molecule has 0 radical (unpaired) electrons. The summed E-state index contributed by atoms with van der Waals surface area (Å²) in [6.07, 6.45) is 0. The summed E-state index contributed by atoms with van der Waals surface area (Å²) >= 11 is 0. The highest BCUT2D eigenvalue weighted by Gasteiger charge is 2.20. The number of ether oxygens (including phenoxy) is 2. The molecule has 0 atom stereocenters. The highest BCUT2D eigenvalue weighted by molar-refractivity contribution is 5.66. The van der Waals surface area contributed by atoms with E-state index >= 15 is 0 Å². The minimum absolute atomic E-state index is 0.130. The van der Waals surface area contributed by atoms with E-state index in [-0.39, 0.29) is 13.3 Å². The highest BCUT2D eigenvalue weighted by Crippen LogP contribution is 2.38. The van der Waals surface area contributed by atoms with Crippen LogP contribution in [-0.4, -0.2) is 16.9 Å². The lowest BCUT2D eigenvalue weighted by molar-refractivity contribution is 0.174. The second kappa shape index (κ2) is 4.26. The molecule has 2 aromatic rings. The first kappa shape index (κ1) is 11.0. The summed E-state index contributed by atoms with van der Waals surface area (Å²) < 4.78 is 28.4. The van der Waals surface area contributed by atoms with E-state index < -0.39 is 6.67 Å². The molecule has 0 amide bonds. The Balaban J connectivity index is 2.10. The van der Waals surface area contributed by atoms with Crippen LogP contribution in [0.25, 0.3) is 11.4 Å². The highest BCUT2D eigenvalue weighted by atomic mass is 19.1. The summed E-state index contributed by atoms with van der Waals surface area (Å²) in [6, 6.07) is 3.22. The van der Waals surface area contributed by atoms with Crippen molar-refractivity contribution in [3.8, 4) is 22.9 Å². The molecule has 0 saturated heterocycles. The molecule has 0 bridgehead atoms. The average Bonchev–Trinajstić information content (AvgIpc) is 3.05. The van der Waals surface area contributed by atoms with E-state index in [9.17, 15) is 4.39 Å². The summed E-state index contributed by atoms with van der Waals surface area (Å²) in [6.45, 7) is -0.383. The number of nitrogens with two attached hydrogens (primary N) is 1. The molecule has 1 aromatic heterocycles. The van der Waals surface area contributed by atoms with Gasteiger partial charge in [0.15, 0.2) is 11.5 Å². The Hall–Kier alpha value is -2.15. The third-order valence-electron chi connectivity index (χ3n) is 2.63. The fraction of sp³-hybridized carbons (Fsp3) is 0.273. The minimum Gasteiger partial charge on any atom is -0.454 e. The molecule has 1 aliphatic heterocycles. The fourth-order valence-electron chi connectivity index (χ4n) is 1.75. The van der Waals surface area contributed by atoms with Gasteiger partial charge in [-0.25, -0.2) is 4.39 Å². The third kappa shape index (κ3) is 1.68. The average molecular weight is 251 g/mol. The first-order valence-electron chi connectivity index (χ1n) is 5.33. The zero-order valence-corrected chi connectivity index (χ0v) is 9.35. The maximum Gasteiger partial charge on any atom is 0.240 e. The van der Waals surface area contributed by atoms with Crippen LogP contribution in [0.4, 0.5) is 4.39 Å². The van der Waals surface area contributed by atoms with Crippen LogP contribution in [-0.2, 0) is 13.2 Å². The normalized spacial score (nSPS) is 13.0. The van der Waals surface area contributed by atoms with Crippen LogP contribution in [0.5, 0.6) is 11.5 Å². The Morgan fingerprint density at radius 2 is 2.06 bits per heavy atom. The Kier molecular flexibility index (Phi) is 2.60. The molecule has 2 heterocycles. The molecule has 1 aromatic carbocycles. The van der Waals surface area contributed by atoms with E-state index in [1.807, 2.05) is 0 Å². The van der Waals surface area contributed by atoms with Crippen molar-refractivity contribution in [2.75, 3.05) is 6.79 Å². The molecule has 6 nitrogen and oxygen atoms in total. The van der Waals surface area contributed by atoms with Crippen molar-refractivity contribution in [3.05, 3.63) is 23.6 Å². The van der Waals surface area contributed by atoms with Gasteiger partial charge in [0.1, 0.15) is 6.67 Å². The van der Waals surface area contributed by atoms with Gasteiger partial charge in [0.2, 0.25) is 18.5 Å². The molecule has 0 fully saturated rings. The number of alkyl halides is 1. The van der Waals surface area contributed by atoms with Gasteiger partial charge in [0.25, 0.3) is 0 Å². The number of aromatic nitrogens is 2. The van der Waals surface area contributed by atoms with E-state index in [0.717, 1.165) is 0 Å². The van der Waals surface area contributed by atoms with Gasteiger partial charge in [-0.15, -0.1) is 0 Å². The van der Waals surface area contributed by atoms with Crippen molar-refractivity contribution >= 4 is 0 Å². The van der Waals surface area contributed by atoms with E-state index in [0.29, 0.717) is 34.3 Å². The van der Waals surface area contributed by atoms with E-state index in [1.54, 1.807) is 12.1 Å². The van der Waals surface area contributed by atoms with Crippen LogP contribution in [0.15, 0.2) is 16.7 Å². The van der Waals surface area contributed by atoms with Gasteiger partial charge in [-0.3, -0.25) is 0 Å². The third-order valence-corrected chi connectivity index (χ3v) is 2.63. The number of benzene rings is 1. The second-order valence-electron chi connectivity index (χ2n) is 3.71. The molecule has 0 unspecified atom stereocenters. The van der Waals surface area contributed by atoms with Crippen molar-refractivity contribution in [3.63, 3.8) is 0 Å². The molecular weight excluding hydrogens is 241 g/mol. The number of rotatable bonds is 3. The maximum absolute atomic E-state index is 13.0. The molecule has 2 N–H and O–H groups in total. The molecule has 18 heavy (non-hydrogen) atoms. The fourth-order valence-corrected chi connectivity index (χ4v) is 1.75. The molecule has 0 spiro atoms. The Morgan fingerprint density at radius 3 is 2.72 bits per heavy atom. The molecular formula is C11H10FN3O3. The summed E-state index contributed by atoms with van der Waals surface area (Å²) in [7, 11) is 0. The van der Waals surface area contributed by atoms with Crippen LogP contribution in [0.3, 0.4) is 0 Å². The number of nitrogens with zero attached hydrogens (tertiary/aromatic N) is 2. The second-order valence-corrected chi connectivity index (χ2v) is 3.71. The largest absolute Gasteiger partial charge is 0.454 e. The first-order chi connectivity index (χ1) is 8.81. The first-order valence-corrected chi connectivity index (χ1v) is 5.33. The number of hydrogen-bond donors (Lipinski definition) is 1. The van der Waals surface area contributed by atoms with Crippen molar-refractivity contribution in [1.82, 2.24) is 10.1 Å². The molecule has 0 aliphatic carbocycles. The van der Waals surface area contributed by atoms with Crippen LogP contribution in [0, 0.1) is 0 Å². The van der Waals surface area contributed by atoms with E-state index in [4.69, 9.17) is 19.7 Å². The maximum atomic E-state index is 13.0. The monoisotopic (exact) mass is 251 g/mol. The van der Waals surface area contributed by atoms with Crippen LogP contribution in [0.1, 0.15) is 11.5 Å². The molecule has 3 rings (SSSR count). The Bertz CT molecular complexity index is 585. The van der Waals surface area contributed by atoms with Gasteiger partial charge in [-0.2, -0.15) is 4.98 Å². The molecule has 1 aliphatic rings. The van der Waals surface area contributed by atoms with Gasteiger partial charge < -0.3 is 19.7 Å². The van der Waals surface area contributed by atoms with Crippen molar-refractivity contribution in [1.29, 1.82) is 0 Å². The lowest BCUT2D eigenvalue weighted by Crippen LogP contribution is -1.96. The summed E-state index contributed by atoms with van der Waals surface area (Å²) in [5.41, 5.74) is 6.33. The standard InChI is InChI=1S/C11H10FN3O3/c12-3-6-1-8-9(17-5-16-8)2-7(6)11-14-10(4-13)18-15-11/h1-2H,3-5,13H2. The lowest BCUT2D eigenvalue weighted by Gasteiger charge is -2.04. The van der Waals surface area contributed by atoms with Crippen molar-refractivity contribution < 1.29 is 18.4 Å². The molecule has 0 saturated carbocycles. The smallest absolute Gasteiger partial charge is 0.240 e. The van der Waals surface area contributed by atoms with Crippen LogP contribution >= 0.6 is 0 Å². The zero-order chi connectivity index (χ0) is 12.5. The lowest BCUT2D eigenvalue weighted by atomic mass is 10.1. The number of fused-ring (bicyclic) bond motifs is 1. The van der Waals surface area contributed by atoms with E-state index in [1.165, 1.54) is 0 Å². The van der Waals surface area contributed by atoms with Crippen molar-refractivity contribution in [2.24, 2.45) is 5.73 Å². The SMILES string of the molecule is NCc1nc(-c2cc3c(cc2CF)OCO3)no1. The van der Waals surface area contributed by atoms with E-state index in [2.05, 4.69) is 10.1 Å². The number of halogens is 1. The minimum atomic E-state index is -0.654. The molecule has 7 heteroatoms. The zero-order valence-electron chi connectivity index (χ0n) is 9.35. The van der Waals surface area contributed by atoms with Gasteiger partial charge in [0.05, 0.1) is 6.54 Å². The van der Waals surface area contributed by atoms with Gasteiger partial charge in [-0.1, -0.05) is 5.16 Å². The van der Waals surface area contributed by atoms with Crippen LogP contribution < -0.4 is 15.2 Å².